The highest BCUT2D eigenvalue weighted by Gasteiger charge is 2.30. The van der Waals surface area contributed by atoms with Gasteiger partial charge in [-0.15, -0.1) is 0 Å². The van der Waals surface area contributed by atoms with E-state index < -0.39 is 30.1 Å². The highest BCUT2D eigenvalue weighted by atomic mass is 35.5. The van der Waals surface area contributed by atoms with E-state index in [4.69, 9.17) is 11.6 Å². The summed E-state index contributed by atoms with van der Waals surface area (Å²) in [6.45, 7) is -3.02. The molecule has 0 bridgehead atoms. The van der Waals surface area contributed by atoms with Crippen LogP contribution in [0.5, 0.6) is 5.75 Å². The van der Waals surface area contributed by atoms with Crippen molar-refractivity contribution in [1.29, 1.82) is 0 Å². The van der Waals surface area contributed by atoms with Gasteiger partial charge in [0.05, 0.1) is 17.0 Å². The number of carbonyl (C=O) groups excluding carboxylic acids is 1. The maximum Gasteiger partial charge on any atom is 0.416 e. The molecule has 10 heteroatoms. The van der Waals surface area contributed by atoms with Crippen molar-refractivity contribution >= 4 is 23.2 Å². The number of benzene rings is 3. The number of halogens is 7. The maximum atomic E-state index is 13.2. The Morgan fingerprint density at radius 2 is 1.56 bits per heavy atom. The summed E-state index contributed by atoms with van der Waals surface area (Å²) in [5, 5.41) is -0.146. The van der Waals surface area contributed by atoms with Crippen molar-refractivity contribution < 1.29 is 35.9 Å². The minimum absolute atomic E-state index is 0.0662. The molecule has 180 valence electrons. The van der Waals surface area contributed by atoms with Crippen LogP contribution in [0.3, 0.4) is 0 Å². The fourth-order valence-electron chi connectivity index (χ4n) is 3.22. The summed E-state index contributed by atoms with van der Waals surface area (Å²) in [4.78, 5) is 14.4. The normalized spacial score (nSPS) is 11.5. The van der Waals surface area contributed by atoms with E-state index in [-0.39, 0.29) is 35.8 Å². The number of carbonyl (C=O) groups is 1. The quantitative estimate of drug-likeness (QED) is 0.314. The third kappa shape index (κ3) is 6.90. The van der Waals surface area contributed by atoms with Crippen LogP contribution in [0.15, 0.2) is 66.7 Å². The number of hydrogen-bond acceptors (Lipinski definition) is 2. The molecule has 1 amide bonds. The van der Waals surface area contributed by atoms with Crippen LogP contribution in [-0.4, -0.2) is 19.1 Å². The molecule has 0 aliphatic rings. The van der Waals surface area contributed by atoms with E-state index in [1.54, 1.807) is 0 Å². The second-order valence-corrected chi connectivity index (χ2v) is 7.69. The van der Waals surface area contributed by atoms with Gasteiger partial charge in [-0.3, -0.25) is 4.79 Å². The van der Waals surface area contributed by atoms with Gasteiger partial charge in [-0.2, -0.15) is 22.0 Å². The Bertz CT molecular complexity index is 1120. The van der Waals surface area contributed by atoms with Gasteiger partial charge in [-0.05, 0) is 60.0 Å². The van der Waals surface area contributed by atoms with Gasteiger partial charge in [0, 0.05) is 12.2 Å². The Balaban J connectivity index is 1.83. The number of nitrogens with zero attached hydrogens (tertiary/aromatic N) is 1. The summed E-state index contributed by atoms with van der Waals surface area (Å²) >= 11 is 6.03. The fourth-order valence-corrected chi connectivity index (χ4v) is 3.44. The maximum absolute atomic E-state index is 13.2. The fraction of sp³-hybridized carbons (Fsp3) is 0.208. The summed E-state index contributed by atoms with van der Waals surface area (Å²) in [5.41, 5.74) is 0.582. The van der Waals surface area contributed by atoms with Crippen LogP contribution in [0.1, 0.15) is 16.7 Å². The Morgan fingerprint density at radius 3 is 2.12 bits per heavy atom. The number of anilines is 1. The molecule has 0 aliphatic carbocycles. The number of hydrogen-bond donors (Lipinski definition) is 0. The van der Waals surface area contributed by atoms with Gasteiger partial charge >= 0.3 is 12.8 Å². The lowest BCUT2D eigenvalue weighted by Gasteiger charge is -2.24. The Morgan fingerprint density at radius 1 is 0.941 bits per heavy atom. The summed E-state index contributed by atoms with van der Waals surface area (Å²) in [6.07, 6.45) is -4.35. The zero-order chi connectivity index (χ0) is 24.9. The summed E-state index contributed by atoms with van der Waals surface area (Å²) in [7, 11) is 0. The molecule has 0 aromatic heterocycles. The number of alkyl halides is 5. The first kappa shape index (κ1) is 25.4. The van der Waals surface area contributed by atoms with Gasteiger partial charge in [0.15, 0.2) is 0 Å². The number of amides is 1. The smallest absolute Gasteiger partial charge is 0.416 e. The summed E-state index contributed by atoms with van der Waals surface area (Å²) in [5.74, 6) is -1.14. The van der Waals surface area contributed by atoms with Gasteiger partial charge in [0.25, 0.3) is 0 Å². The topological polar surface area (TPSA) is 29.5 Å². The summed E-state index contributed by atoms with van der Waals surface area (Å²) < 4.78 is 80.9. The molecular formula is C24H18ClF6NO2. The average molecular weight is 502 g/mol. The van der Waals surface area contributed by atoms with E-state index in [0.29, 0.717) is 11.1 Å². The van der Waals surface area contributed by atoms with E-state index >= 15 is 0 Å². The lowest BCUT2D eigenvalue weighted by Crippen LogP contribution is -2.34. The zero-order valence-electron chi connectivity index (χ0n) is 17.5. The molecule has 3 nitrogen and oxygen atoms in total. The van der Waals surface area contributed by atoms with E-state index in [1.165, 1.54) is 59.5 Å². The lowest BCUT2D eigenvalue weighted by molar-refractivity contribution is -0.137. The molecule has 0 N–H and O–H groups in total. The van der Waals surface area contributed by atoms with Crippen molar-refractivity contribution in [2.75, 3.05) is 11.4 Å². The second-order valence-electron chi connectivity index (χ2n) is 7.29. The third-order valence-corrected chi connectivity index (χ3v) is 5.21. The first-order valence-corrected chi connectivity index (χ1v) is 10.4. The van der Waals surface area contributed by atoms with Crippen LogP contribution in [0.4, 0.5) is 32.0 Å². The SMILES string of the molecule is O=C(Cc1ccc(F)cc1)N(CCc1ccc(C(F)(F)F)cc1)c1ccc(OC(F)F)c(Cl)c1. The Labute approximate surface area is 196 Å². The first-order valence-electron chi connectivity index (χ1n) is 9.98. The first-order chi connectivity index (χ1) is 16.0. The van der Waals surface area contributed by atoms with Gasteiger partial charge in [0.1, 0.15) is 11.6 Å². The van der Waals surface area contributed by atoms with Gasteiger partial charge < -0.3 is 9.64 Å². The highest BCUT2D eigenvalue weighted by molar-refractivity contribution is 6.32. The minimum atomic E-state index is -4.46. The van der Waals surface area contributed by atoms with Gasteiger partial charge in [-0.1, -0.05) is 35.9 Å². The van der Waals surface area contributed by atoms with Crippen LogP contribution >= 0.6 is 11.6 Å². The molecule has 3 rings (SSSR count). The molecule has 0 unspecified atom stereocenters. The van der Waals surface area contributed by atoms with Crippen molar-refractivity contribution in [3.8, 4) is 5.75 Å². The van der Waals surface area contributed by atoms with Crippen LogP contribution in [-0.2, 0) is 23.8 Å². The molecule has 0 fully saturated rings. The second kappa shape index (κ2) is 10.8. The molecule has 34 heavy (non-hydrogen) atoms. The number of ether oxygens (including phenoxy) is 1. The van der Waals surface area contributed by atoms with Crippen molar-refractivity contribution in [3.05, 3.63) is 94.3 Å². The van der Waals surface area contributed by atoms with E-state index in [9.17, 15) is 31.1 Å². The molecule has 0 spiro atoms. The zero-order valence-corrected chi connectivity index (χ0v) is 18.2. The van der Waals surface area contributed by atoms with Gasteiger partial charge in [-0.25, -0.2) is 4.39 Å². The molecule has 0 aliphatic heterocycles. The standard InChI is InChI=1S/C24H18ClF6NO2/c25-20-14-19(9-10-21(20)34-23(27)28)32(22(33)13-16-3-7-18(26)8-4-16)12-11-15-1-5-17(6-2-15)24(29,30)31/h1-10,14,23H,11-13H2. The largest absolute Gasteiger partial charge is 0.433 e. The van der Waals surface area contributed by atoms with E-state index in [2.05, 4.69) is 4.74 Å². The molecule has 0 radical (unpaired) electrons. The predicted molar refractivity (Wildman–Crippen MR) is 116 cm³/mol. The Hall–Kier alpha value is -3.20. The van der Waals surface area contributed by atoms with E-state index in [0.717, 1.165) is 12.1 Å². The van der Waals surface area contributed by atoms with E-state index in [1.807, 2.05) is 0 Å². The number of rotatable bonds is 8. The van der Waals surface area contributed by atoms with Crippen LogP contribution in [0, 0.1) is 5.82 Å². The minimum Gasteiger partial charge on any atom is -0.433 e. The molecule has 0 heterocycles. The molecule has 0 saturated carbocycles. The van der Waals surface area contributed by atoms with Crippen LogP contribution in [0.2, 0.25) is 5.02 Å². The molecule has 0 atom stereocenters. The lowest BCUT2D eigenvalue weighted by atomic mass is 10.1. The van der Waals surface area contributed by atoms with Crippen molar-refractivity contribution in [1.82, 2.24) is 0 Å². The molecular weight excluding hydrogens is 484 g/mol. The van der Waals surface area contributed by atoms with Crippen molar-refractivity contribution in [3.63, 3.8) is 0 Å². The van der Waals surface area contributed by atoms with Crippen LogP contribution < -0.4 is 9.64 Å². The average Bonchev–Trinajstić information content (AvgIpc) is 2.77. The van der Waals surface area contributed by atoms with Crippen molar-refractivity contribution in [2.45, 2.75) is 25.6 Å². The molecule has 3 aromatic rings. The monoisotopic (exact) mass is 501 g/mol. The Kier molecular flexibility index (Phi) is 8.09. The molecule has 0 saturated heterocycles. The predicted octanol–water partition coefficient (Wildman–Crippen LogP) is 6.92. The highest BCUT2D eigenvalue weighted by Crippen LogP contribution is 2.32. The third-order valence-electron chi connectivity index (χ3n) is 4.92. The van der Waals surface area contributed by atoms with Gasteiger partial charge in [0.2, 0.25) is 5.91 Å². The van der Waals surface area contributed by atoms with Crippen LogP contribution in [0.25, 0.3) is 0 Å². The molecule has 3 aromatic carbocycles. The van der Waals surface area contributed by atoms with Crippen molar-refractivity contribution in [2.24, 2.45) is 0 Å². The summed E-state index contributed by atoms with van der Waals surface area (Å²) in [6, 6.07) is 13.7.